The number of aromatic hydroxyl groups is 1. The van der Waals surface area contributed by atoms with Gasteiger partial charge in [0.15, 0.2) is 5.82 Å². The molecule has 7 heteroatoms. The van der Waals surface area contributed by atoms with E-state index < -0.39 is 5.56 Å². The fourth-order valence-electron chi connectivity index (χ4n) is 1.85. The Balaban J connectivity index is 2.38. The number of aryl methyl sites for hydroxylation is 1. The molecule has 3 rings (SSSR count). The molecule has 0 aliphatic heterocycles. The Kier molecular flexibility index (Phi) is 2.53. The fourth-order valence-corrected chi connectivity index (χ4v) is 2.02. The van der Waals surface area contributed by atoms with Gasteiger partial charge >= 0.3 is 0 Å². The summed E-state index contributed by atoms with van der Waals surface area (Å²) in [6.07, 6.45) is 0. The van der Waals surface area contributed by atoms with Crippen molar-refractivity contribution in [1.82, 2.24) is 15.1 Å². The molecule has 19 heavy (non-hydrogen) atoms. The first-order chi connectivity index (χ1) is 9.06. The number of hydrogen-bond donors (Lipinski definition) is 2. The maximum Gasteiger partial charge on any atom is 0.267 e. The highest BCUT2D eigenvalue weighted by molar-refractivity contribution is 6.31. The van der Waals surface area contributed by atoms with Crippen molar-refractivity contribution in [3.05, 3.63) is 39.4 Å². The summed E-state index contributed by atoms with van der Waals surface area (Å²) >= 11 is 5.84. The molecule has 3 aromatic rings. The van der Waals surface area contributed by atoms with Crippen LogP contribution in [0.25, 0.3) is 22.4 Å². The van der Waals surface area contributed by atoms with Gasteiger partial charge in [0, 0.05) is 10.4 Å². The van der Waals surface area contributed by atoms with Gasteiger partial charge < -0.3 is 14.6 Å². The van der Waals surface area contributed by atoms with Gasteiger partial charge in [-0.3, -0.25) is 4.79 Å². The van der Waals surface area contributed by atoms with Crippen LogP contribution in [0.2, 0.25) is 5.02 Å². The van der Waals surface area contributed by atoms with Crippen molar-refractivity contribution < 1.29 is 9.63 Å². The molecule has 2 aromatic heterocycles. The molecular weight excluding hydrogens is 270 g/mol. The van der Waals surface area contributed by atoms with Crippen LogP contribution < -0.4 is 5.56 Å². The second-order valence-electron chi connectivity index (χ2n) is 4.01. The van der Waals surface area contributed by atoms with E-state index in [9.17, 15) is 9.90 Å². The van der Waals surface area contributed by atoms with Crippen LogP contribution in [-0.2, 0) is 0 Å². The highest BCUT2D eigenvalue weighted by Crippen LogP contribution is 2.31. The number of halogens is 1. The van der Waals surface area contributed by atoms with E-state index in [2.05, 4.69) is 15.1 Å². The largest absolute Gasteiger partial charge is 0.506 e. The van der Waals surface area contributed by atoms with Crippen LogP contribution in [0.3, 0.4) is 0 Å². The summed E-state index contributed by atoms with van der Waals surface area (Å²) in [4.78, 5) is 18.6. The van der Waals surface area contributed by atoms with Crippen molar-refractivity contribution in [2.45, 2.75) is 6.92 Å². The van der Waals surface area contributed by atoms with Crippen LogP contribution in [0, 0.1) is 6.92 Å². The van der Waals surface area contributed by atoms with Gasteiger partial charge in [-0.2, -0.15) is 4.98 Å². The first kappa shape index (κ1) is 11.7. The van der Waals surface area contributed by atoms with Crippen molar-refractivity contribution in [2.24, 2.45) is 0 Å². The van der Waals surface area contributed by atoms with Gasteiger partial charge in [0.25, 0.3) is 11.4 Å². The van der Waals surface area contributed by atoms with Crippen LogP contribution in [0.1, 0.15) is 5.82 Å². The van der Waals surface area contributed by atoms with Crippen molar-refractivity contribution in [3.8, 4) is 17.2 Å². The molecule has 6 nitrogen and oxygen atoms in total. The Labute approximate surface area is 111 Å². The highest BCUT2D eigenvalue weighted by Gasteiger charge is 2.19. The van der Waals surface area contributed by atoms with Crippen molar-refractivity contribution in [2.75, 3.05) is 0 Å². The van der Waals surface area contributed by atoms with Crippen LogP contribution in [0.15, 0.2) is 27.5 Å². The lowest BCUT2D eigenvalue weighted by Gasteiger charge is -2.04. The molecule has 0 radical (unpaired) electrons. The third-order valence-corrected chi connectivity index (χ3v) is 2.93. The quantitative estimate of drug-likeness (QED) is 0.712. The first-order valence-electron chi connectivity index (χ1n) is 5.41. The van der Waals surface area contributed by atoms with E-state index >= 15 is 0 Å². The molecule has 0 aliphatic rings. The van der Waals surface area contributed by atoms with Crippen LogP contribution in [0.5, 0.6) is 5.75 Å². The molecule has 2 heterocycles. The summed E-state index contributed by atoms with van der Waals surface area (Å²) in [6, 6.07) is 4.78. The third kappa shape index (κ3) is 1.86. The number of aromatic amines is 1. The number of nitrogens with zero attached hydrogens (tertiary/aromatic N) is 2. The maximum atomic E-state index is 12.0. The monoisotopic (exact) mass is 277 g/mol. The molecule has 0 saturated heterocycles. The molecular formula is C12H8ClN3O3. The van der Waals surface area contributed by atoms with E-state index in [1.54, 1.807) is 25.1 Å². The molecule has 0 amide bonds. The minimum atomic E-state index is -0.518. The summed E-state index contributed by atoms with van der Waals surface area (Å²) in [5.74, 6) is 0.150. The number of fused-ring (bicyclic) bond motifs is 1. The number of aromatic nitrogens is 3. The van der Waals surface area contributed by atoms with E-state index in [1.165, 1.54) is 0 Å². The summed E-state index contributed by atoms with van der Waals surface area (Å²) < 4.78 is 4.92. The van der Waals surface area contributed by atoms with Crippen LogP contribution >= 0.6 is 11.6 Å². The van der Waals surface area contributed by atoms with E-state index in [0.717, 1.165) is 0 Å². The highest BCUT2D eigenvalue weighted by atomic mass is 35.5. The van der Waals surface area contributed by atoms with E-state index in [4.69, 9.17) is 16.1 Å². The Morgan fingerprint density at radius 1 is 1.42 bits per heavy atom. The van der Waals surface area contributed by atoms with Crippen molar-refractivity contribution in [1.29, 1.82) is 0 Å². The SMILES string of the molecule is Cc1noc(-c2c(O)c3ccc(Cl)cc3[nH]c2=O)n1. The van der Waals surface area contributed by atoms with Crippen LogP contribution in [-0.4, -0.2) is 20.2 Å². The Morgan fingerprint density at radius 3 is 2.89 bits per heavy atom. The number of hydrogen-bond acceptors (Lipinski definition) is 5. The molecule has 96 valence electrons. The standard InChI is InChI=1S/C12H8ClN3O3/c1-5-14-12(19-16-5)9-10(17)7-3-2-6(13)4-8(7)15-11(9)18/h2-4H,1H3,(H2,15,17,18). The van der Waals surface area contributed by atoms with Gasteiger partial charge in [0.2, 0.25) is 0 Å². The van der Waals surface area contributed by atoms with Crippen LogP contribution in [0.4, 0.5) is 0 Å². The van der Waals surface area contributed by atoms with Gasteiger partial charge in [-0.15, -0.1) is 0 Å². The van der Waals surface area contributed by atoms with Gasteiger partial charge in [0.05, 0.1) is 5.52 Å². The second-order valence-corrected chi connectivity index (χ2v) is 4.45. The van der Waals surface area contributed by atoms with Gasteiger partial charge in [-0.25, -0.2) is 0 Å². The maximum absolute atomic E-state index is 12.0. The summed E-state index contributed by atoms with van der Waals surface area (Å²) in [5, 5.41) is 14.7. The fraction of sp³-hybridized carbons (Fsp3) is 0.0833. The third-order valence-electron chi connectivity index (χ3n) is 2.69. The van der Waals surface area contributed by atoms with Gasteiger partial charge in [-0.1, -0.05) is 16.8 Å². The lowest BCUT2D eigenvalue weighted by Crippen LogP contribution is -2.09. The summed E-state index contributed by atoms with van der Waals surface area (Å²) in [5.41, 5.74) is -0.124. The number of pyridine rings is 1. The van der Waals surface area contributed by atoms with Crippen molar-refractivity contribution in [3.63, 3.8) is 0 Å². The molecule has 0 spiro atoms. The predicted octanol–water partition coefficient (Wildman–Crippen LogP) is 2.25. The Bertz CT molecular complexity index is 838. The van der Waals surface area contributed by atoms with E-state index in [1.807, 2.05) is 0 Å². The lowest BCUT2D eigenvalue weighted by atomic mass is 10.1. The van der Waals surface area contributed by atoms with Gasteiger partial charge in [-0.05, 0) is 25.1 Å². The smallest absolute Gasteiger partial charge is 0.267 e. The first-order valence-corrected chi connectivity index (χ1v) is 5.79. The molecule has 0 fully saturated rings. The summed E-state index contributed by atoms with van der Waals surface area (Å²) in [6.45, 7) is 1.62. The summed E-state index contributed by atoms with van der Waals surface area (Å²) in [7, 11) is 0. The minimum Gasteiger partial charge on any atom is -0.506 e. The molecule has 0 atom stereocenters. The molecule has 2 N–H and O–H groups in total. The Hall–Kier alpha value is -2.34. The predicted molar refractivity (Wildman–Crippen MR) is 69.3 cm³/mol. The number of rotatable bonds is 1. The zero-order valence-electron chi connectivity index (χ0n) is 9.77. The lowest BCUT2D eigenvalue weighted by molar-refractivity contribution is 0.420. The van der Waals surface area contributed by atoms with E-state index in [0.29, 0.717) is 21.7 Å². The number of nitrogens with one attached hydrogen (secondary N) is 1. The molecule has 0 saturated carbocycles. The average Bonchev–Trinajstić information content (AvgIpc) is 2.75. The van der Waals surface area contributed by atoms with E-state index in [-0.39, 0.29) is 17.2 Å². The zero-order valence-corrected chi connectivity index (χ0v) is 10.5. The average molecular weight is 278 g/mol. The number of H-pyrrole nitrogens is 1. The zero-order chi connectivity index (χ0) is 13.6. The normalized spacial score (nSPS) is 11.1. The Morgan fingerprint density at radius 2 is 2.21 bits per heavy atom. The number of benzene rings is 1. The second kappa shape index (κ2) is 4.10. The van der Waals surface area contributed by atoms with Crippen molar-refractivity contribution >= 4 is 22.5 Å². The molecule has 0 unspecified atom stereocenters. The van der Waals surface area contributed by atoms with Gasteiger partial charge in [0.1, 0.15) is 11.3 Å². The molecule has 1 aromatic carbocycles. The minimum absolute atomic E-state index is 0.0203. The molecule has 0 bridgehead atoms. The molecule has 0 aliphatic carbocycles. The topological polar surface area (TPSA) is 92.0 Å².